The third kappa shape index (κ3) is 1.04. The number of aromatic nitrogens is 1. The van der Waals surface area contributed by atoms with Crippen LogP contribution in [-0.2, 0) is 0 Å². The lowest BCUT2D eigenvalue weighted by Gasteiger charge is -1.95. The summed E-state index contributed by atoms with van der Waals surface area (Å²) < 4.78 is 5.13. The predicted molar refractivity (Wildman–Crippen MR) is 49.9 cm³/mol. The van der Waals surface area contributed by atoms with Gasteiger partial charge in [0.1, 0.15) is 5.75 Å². The van der Waals surface area contributed by atoms with Gasteiger partial charge in [-0.25, -0.2) is 0 Å². The van der Waals surface area contributed by atoms with Crippen LogP contribution in [0.4, 0.5) is 0 Å². The average Bonchev–Trinajstić information content (AvgIpc) is 2.46. The number of nitrogens with one attached hydrogen (secondary N) is 1. The van der Waals surface area contributed by atoms with Crippen molar-refractivity contribution in [3.05, 3.63) is 29.4 Å². The smallest absolute Gasteiger partial charge is 0.144 e. The fourth-order valence-corrected chi connectivity index (χ4v) is 1.41. The molecule has 0 unspecified atom stereocenters. The van der Waals surface area contributed by atoms with E-state index >= 15 is 0 Å². The molecule has 1 aromatic heterocycles. The molecule has 1 N–H and O–H groups in total. The quantitative estimate of drug-likeness (QED) is 0.719. The highest BCUT2D eigenvalue weighted by atomic mass is 35.5. The topological polar surface area (TPSA) is 25.0 Å². The molecule has 12 heavy (non-hydrogen) atoms. The van der Waals surface area contributed by atoms with Gasteiger partial charge in [0, 0.05) is 22.1 Å². The van der Waals surface area contributed by atoms with Crippen molar-refractivity contribution in [2.75, 3.05) is 7.11 Å². The van der Waals surface area contributed by atoms with E-state index < -0.39 is 0 Å². The van der Waals surface area contributed by atoms with E-state index in [0.29, 0.717) is 0 Å². The van der Waals surface area contributed by atoms with Crippen molar-refractivity contribution in [2.24, 2.45) is 0 Å². The van der Waals surface area contributed by atoms with Crippen molar-refractivity contribution < 1.29 is 4.74 Å². The fraction of sp³-hybridized carbons (Fsp3) is 0.111. The van der Waals surface area contributed by atoms with E-state index in [2.05, 4.69) is 4.98 Å². The lowest BCUT2D eigenvalue weighted by molar-refractivity contribution is 0.419. The summed E-state index contributed by atoms with van der Waals surface area (Å²) in [5.74, 6) is 0.826. The summed E-state index contributed by atoms with van der Waals surface area (Å²) in [7, 11) is 1.64. The second-order valence-electron chi connectivity index (χ2n) is 2.55. The van der Waals surface area contributed by atoms with Crippen LogP contribution >= 0.6 is 11.6 Å². The molecule has 2 aromatic rings. The fourth-order valence-electron chi connectivity index (χ4n) is 1.24. The highest BCUT2D eigenvalue weighted by molar-refractivity contribution is 6.31. The second-order valence-corrected chi connectivity index (χ2v) is 2.98. The van der Waals surface area contributed by atoms with Crippen molar-refractivity contribution >= 4 is 22.5 Å². The Morgan fingerprint density at radius 2 is 2.25 bits per heavy atom. The Bertz CT molecular complexity index is 408. The van der Waals surface area contributed by atoms with E-state index in [4.69, 9.17) is 16.3 Å². The first-order valence-corrected chi connectivity index (χ1v) is 3.99. The Hall–Kier alpha value is -1.15. The van der Waals surface area contributed by atoms with Gasteiger partial charge in [0.15, 0.2) is 0 Å². The summed E-state index contributed by atoms with van der Waals surface area (Å²) in [4.78, 5) is 3.08. The van der Waals surface area contributed by atoms with Crippen LogP contribution in [0.3, 0.4) is 0 Å². The van der Waals surface area contributed by atoms with Crippen molar-refractivity contribution in [3.8, 4) is 5.75 Å². The van der Waals surface area contributed by atoms with Crippen molar-refractivity contribution in [3.63, 3.8) is 0 Å². The van der Waals surface area contributed by atoms with E-state index in [-0.39, 0.29) is 0 Å². The van der Waals surface area contributed by atoms with Crippen LogP contribution in [0.5, 0.6) is 5.75 Å². The lowest BCUT2D eigenvalue weighted by atomic mass is 10.2. The molecule has 2 nitrogen and oxygen atoms in total. The zero-order valence-electron chi connectivity index (χ0n) is 6.60. The lowest BCUT2D eigenvalue weighted by Crippen LogP contribution is -1.78. The van der Waals surface area contributed by atoms with Gasteiger partial charge in [0.05, 0.1) is 7.11 Å². The van der Waals surface area contributed by atoms with Gasteiger partial charge in [-0.15, -0.1) is 0 Å². The highest BCUT2D eigenvalue weighted by Crippen LogP contribution is 2.27. The molecule has 2 rings (SSSR count). The Balaban J connectivity index is 2.75. The number of hydrogen-bond donors (Lipinski definition) is 1. The van der Waals surface area contributed by atoms with Gasteiger partial charge < -0.3 is 9.72 Å². The number of H-pyrrole nitrogens is 1. The number of hydrogen-bond acceptors (Lipinski definition) is 1. The van der Waals surface area contributed by atoms with Crippen molar-refractivity contribution in [2.45, 2.75) is 0 Å². The third-order valence-corrected chi connectivity index (χ3v) is 2.06. The Kier molecular flexibility index (Phi) is 1.70. The Labute approximate surface area is 75.1 Å². The molecular weight excluding hydrogens is 174 g/mol. The molecule has 1 aromatic carbocycles. The first-order chi connectivity index (χ1) is 5.81. The first-order valence-electron chi connectivity index (χ1n) is 3.62. The van der Waals surface area contributed by atoms with Crippen LogP contribution < -0.4 is 4.74 Å². The van der Waals surface area contributed by atoms with Crippen molar-refractivity contribution in [1.29, 1.82) is 0 Å². The first kappa shape index (κ1) is 7.50. The SMILES string of the molecule is COc1c[nH]c2ccc(Cl)cc12. The molecule has 0 amide bonds. The van der Waals surface area contributed by atoms with Gasteiger partial charge in [-0.2, -0.15) is 0 Å². The standard InChI is InChI=1S/C9H8ClNO/c1-12-9-5-11-8-3-2-6(10)4-7(8)9/h2-5,11H,1H3. The molecule has 0 fully saturated rings. The number of halogens is 1. The summed E-state index contributed by atoms with van der Waals surface area (Å²) in [5, 5.41) is 1.74. The second kappa shape index (κ2) is 2.72. The summed E-state index contributed by atoms with van der Waals surface area (Å²) in [6.45, 7) is 0. The molecule has 0 saturated carbocycles. The van der Waals surface area contributed by atoms with Gasteiger partial charge in [-0.05, 0) is 18.2 Å². The summed E-state index contributed by atoms with van der Waals surface area (Å²) in [6, 6.07) is 5.66. The van der Waals surface area contributed by atoms with Crippen LogP contribution in [0.15, 0.2) is 24.4 Å². The number of methoxy groups -OCH3 is 1. The van der Waals surface area contributed by atoms with E-state index in [0.717, 1.165) is 21.7 Å². The van der Waals surface area contributed by atoms with E-state index in [1.807, 2.05) is 24.4 Å². The largest absolute Gasteiger partial charge is 0.495 e. The van der Waals surface area contributed by atoms with E-state index in [1.54, 1.807) is 7.11 Å². The predicted octanol–water partition coefficient (Wildman–Crippen LogP) is 2.83. The van der Waals surface area contributed by atoms with E-state index in [9.17, 15) is 0 Å². The molecule has 0 aliphatic rings. The summed E-state index contributed by atoms with van der Waals surface area (Å²) in [5.41, 5.74) is 1.04. The number of rotatable bonds is 1. The van der Waals surface area contributed by atoms with Crippen LogP contribution in [0, 0.1) is 0 Å². The minimum absolute atomic E-state index is 0.723. The van der Waals surface area contributed by atoms with Gasteiger partial charge in [0.2, 0.25) is 0 Å². The normalized spacial score (nSPS) is 10.5. The maximum Gasteiger partial charge on any atom is 0.144 e. The molecule has 0 aliphatic heterocycles. The zero-order valence-corrected chi connectivity index (χ0v) is 7.35. The Morgan fingerprint density at radius 1 is 1.42 bits per heavy atom. The molecule has 0 spiro atoms. The number of fused-ring (bicyclic) bond motifs is 1. The van der Waals surface area contributed by atoms with Crippen LogP contribution in [0.25, 0.3) is 10.9 Å². The average molecular weight is 182 g/mol. The molecule has 0 atom stereocenters. The number of benzene rings is 1. The van der Waals surface area contributed by atoms with E-state index in [1.165, 1.54) is 0 Å². The highest BCUT2D eigenvalue weighted by Gasteiger charge is 2.02. The van der Waals surface area contributed by atoms with Gasteiger partial charge >= 0.3 is 0 Å². The monoisotopic (exact) mass is 181 g/mol. The molecule has 1 heterocycles. The summed E-state index contributed by atoms with van der Waals surface area (Å²) >= 11 is 5.84. The number of aromatic amines is 1. The van der Waals surface area contributed by atoms with Crippen LogP contribution in [-0.4, -0.2) is 12.1 Å². The zero-order chi connectivity index (χ0) is 8.55. The maximum absolute atomic E-state index is 5.84. The molecule has 62 valence electrons. The minimum atomic E-state index is 0.723. The minimum Gasteiger partial charge on any atom is -0.495 e. The molecular formula is C9H8ClNO. The van der Waals surface area contributed by atoms with Gasteiger partial charge in [0.25, 0.3) is 0 Å². The van der Waals surface area contributed by atoms with Gasteiger partial charge in [-0.3, -0.25) is 0 Å². The molecule has 0 radical (unpaired) electrons. The number of ether oxygens (including phenoxy) is 1. The molecule has 0 bridgehead atoms. The van der Waals surface area contributed by atoms with Crippen LogP contribution in [0.2, 0.25) is 5.02 Å². The van der Waals surface area contributed by atoms with Crippen molar-refractivity contribution in [1.82, 2.24) is 4.98 Å². The third-order valence-electron chi connectivity index (χ3n) is 1.83. The van der Waals surface area contributed by atoms with Crippen LogP contribution in [0.1, 0.15) is 0 Å². The summed E-state index contributed by atoms with van der Waals surface area (Å²) in [6.07, 6.45) is 1.82. The Morgan fingerprint density at radius 3 is 3.00 bits per heavy atom. The molecule has 0 aliphatic carbocycles. The van der Waals surface area contributed by atoms with Gasteiger partial charge in [-0.1, -0.05) is 11.6 Å². The molecule has 0 saturated heterocycles. The molecule has 3 heteroatoms. The maximum atomic E-state index is 5.84.